The van der Waals surface area contributed by atoms with Gasteiger partial charge in [-0.1, -0.05) is 109 Å². The Balaban J connectivity index is 1.45. The van der Waals surface area contributed by atoms with Crippen LogP contribution in [0, 0.1) is 22.7 Å². The Hall–Kier alpha value is -3.68. The number of aliphatic hydroxyl groups excluding tert-OH is 2. The number of fused-ring (bicyclic) bond motifs is 1. The monoisotopic (exact) mass is 880 g/mol. The number of benzene rings is 1. The van der Waals surface area contributed by atoms with Gasteiger partial charge >= 0.3 is 14.0 Å². The Labute approximate surface area is 355 Å². The fourth-order valence-corrected chi connectivity index (χ4v) is 8.05. The quantitative estimate of drug-likeness (QED) is 0.0346. The van der Waals surface area contributed by atoms with Crippen LogP contribution in [0.2, 0.25) is 0 Å². The first kappa shape index (κ1) is 50.0. The van der Waals surface area contributed by atoms with Crippen LogP contribution >= 0.6 is 7.82 Å². The van der Waals surface area contributed by atoms with E-state index in [2.05, 4.69) is 17.0 Å². The number of nitrogens with two attached hydrogens (primary N) is 1. The minimum Gasteiger partial charge on any atom is -0.388 e. The molecule has 1 fully saturated rings. The van der Waals surface area contributed by atoms with E-state index >= 15 is 0 Å². The van der Waals surface area contributed by atoms with Crippen molar-refractivity contribution in [1.82, 2.24) is 14.6 Å². The van der Waals surface area contributed by atoms with E-state index in [9.17, 15) is 48.3 Å². The molecule has 0 radical (unpaired) electrons. The lowest BCUT2D eigenvalue weighted by Crippen LogP contribution is -2.42. The van der Waals surface area contributed by atoms with Crippen molar-refractivity contribution in [2.45, 2.75) is 165 Å². The molecule has 0 amide bonds. The van der Waals surface area contributed by atoms with Crippen molar-refractivity contribution in [3.63, 3.8) is 0 Å². The number of phosphoric ester groups is 1. The maximum Gasteiger partial charge on any atom is 0.469 e. The summed E-state index contributed by atoms with van der Waals surface area (Å²) in [6, 6.07) is 9.46. The van der Waals surface area contributed by atoms with Crippen molar-refractivity contribution in [2.75, 3.05) is 18.9 Å². The molecule has 4 rings (SSSR count). The van der Waals surface area contributed by atoms with Gasteiger partial charge in [0.05, 0.1) is 48.3 Å². The number of aliphatic hydroxyl groups is 2. The van der Waals surface area contributed by atoms with E-state index in [-0.39, 0.29) is 35.7 Å². The van der Waals surface area contributed by atoms with E-state index in [1.165, 1.54) is 86.9 Å². The first-order chi connectivity index (χ1) is 29.1. The third kappa shape index (κ3) is 14.7. The molecule has 1 aliphatic rings. The van der Waals surface area contributed by atoms with Crippen molar-refractivity contribution in [1.29, 1.82) is 10.5 Å². The van der Waals surface area contributed by atoms with Gasteiger partial charge < -0.3 is 39.9 Å². The van der Waals surface area contributed by atoms with Crippen LogP contribution in [0.25, 0.3) is 5.52 Å². The zero-order chi connectivity index (χ0) is 44.5. The van der Waals surface area contributed by atoms with Crippen LogP contribution in [0.15, 0.2) is 36.7 Å². The molecule has 0 aliphatic carbocycles. The number of nitriles is 2. The summed E-state index contributed by atoms with van der Waals surface area (Å²) in [5.41, 5.74) is 2.34. The minimum absolute atomic E-state index is 0.0249. The summed E-state index contributed by atoms with van der Waals surface area (Å²) in [7, 11) is -5.15. The molecule has 0 spiro atoms. The van der Waals surface area contributed by atoms with Crippen LogP contribution in [0.3, 0.4) is 0 Å². The molecular weight excluding hydrogens is 820 g/mol. The Bertz CT molecular complexity index is 1940. The molecule has 6 atom stereocenters. The zero-order valence-corrected chi connectivity index (χ0v) is 35.6. The summed E-state index contributed by atoms with van der Waals surface area (Å²) in [6.07, 6.45) is 6.57. The summed E-state index contributed by atoms with van der Waals surface area (Å²) in [4.78, 5) is 23.1. The smallest absolute Gasteiger partial charge is 0.388 e. The van der Waals surface area contributed by atoms with Gasteiger partial charge in [0, 0.05) is 13.0 Å². The van der Waals surface area contributed by atoms with E-state index in [0.29, 0.717) is 18.0 Å². The molecule has 1 aliphatic heterocycles. The largest absolute Gasteiger partial charge is 0.469 e. The lowest BCUT2D eigenvalue weighted by Gasteiger charge is -2.30. The van der Waals surface area contributed by atoms with Crippen LogP contribution in [0.5, 0.6) is 0 Å². The topological polar surface area (TPSA) is 239 Å². The number of halogens is 3. The number of nitrogens with zero attached hydrogens (tertiary/aromatic N) is 5. The van der Waals surface area contributed by atoms with Crippen LogP contribution in [0.1, 0.15) is 138 Å². The van der Waals surface area contributed by atoms with E-state index in [1.807, 2.05) is 6.07 Å². The predicted octanol–water partition coefficient (Wildman–Crippen LogP) is 7.77. The second-order valence-electron chi connectivity index (χ2n) is 15.7. The van der Waals surface area contributed by atoms with E-state index in [4.69, 9.17) is 24.5 Å². The molecule has 0 bridgehead atoms. The molecule has 1 aromatic carbocycles. The number of aromatic nitrogens is 3. The fourth-order valence-electron chi connectivity index (χ4n) is 7.71. The number of alkyl halides is 3. The SMILES string of the molecule is CCCCCCCCCCCCCCCCCCOC(C[C@H]1O[C@@](C#N)(c2ccc3c(N)ncnn23)[C@H](O)[C@@H]1O)[C@@H](COP(=O)(O)O)OCc1ccc(C#N)cc1C(F)(F)F. The lowest BCUT2D eigenvalue weighted by molar-refractivity contribution is -0.142. The van der Waals surface area contributed by atoms with Crippen molar-refractivity contribution < 1.29 is 56.5 Å². The van der Waals surface area contributed by atoms with Crippen LogP contribution in [-0.4, -0.2) is 78.3 Å². The molecule has 1 unspecified atom stereocenters. The van der Waals surface area contributed by atoms with Crippen molar-refractivity contribution in [2.24, 2.45) is 0 Å². The van der Waals surface area contributed by atoms with Gasteiger partial charge in [-0.15, -0.1) is 0 Å². The maximum absolute atomic E-state index is 14.1. The first-order valence-corrected chi connectivity index (χ1v) is 22.8. The number of hydrogen-bond donors (Lipinski definition) is 5. The molecule has 19 heteroatoms. The Morgan fingerprint density at radius 3 is 2.08 bits per heavy atom. The van der Waals surface area contributed by atoms with Gasteiger partial charge in [-0.2, -0.15) is 28.8 Å². The lowest BCUT2D eigenvalue weighted by atomic mass is 9.91. The number of phosphoric acid groups is 1. The van der Waals surface area contributed by atoms with Gasteiger partial charge in [-0.25, -0.2) is 14.1 Å². The van der Waals surface area contributed by atoms with Gasteiger partial charge in [0.1, 0.15) is 36.2 Å². The molecule has 61 heavy (non-hydrogen) atoms. The summed E-state index contributed by atoms with van der Waals surface area (Å²) < 4.78 is 78.4. The highest BCUT2D eigenvalue weighted by Gasteiger charge is 2.58. The summed E-state index contributed by atoms with van der Waals surface area (Å²) in [5.74, 6) is 0.0717. The zero-order valence-electron chi connectivity index (χ0n) is 34.7. The van der Waals surface area contributed by atoms with Gasteiger partial charge in [0.2, 0.25) is 5.60 Å². The average Bonchev–Trinajstić information content (AvgIpc) is 3.77. The van der Waals surface area contributed by atoms with Crippen molar-refractivity contribution in [3.8, 4) is 12.1 Å². The van der Waals surface area contributed by atoms with Crippen molar-refractivity contribution in [3.05, 3.63) is 59.0 Å². The van der Waals surface area contributed by atoms with E-state index < -0.39 is 68.9 Å². The van der Waals surface area contributed by atoms with Gasteiger partial charge in [-0.3, -0.25) is 4.52 Å². The van der Waals surface area contributed by atoms with Crippen LogP contribution < -0.4 is 5.73 Å². The second-order valence-corrected chi connectivity index (χ2v) is 16.9. The van der Waals surface area contributed by atoms with Gasteiger partial charge in [0.25, 0.3) is 0 Å². The first-order valence-electron chi connectivity index (χ1n) is 21.2. The third-order valence-corrected chi connectivity index (χ3v) is 11.6. The molecule has 1 saturated heterocycles. The molecule has 0 saturated carbocycles. The van der Waals surface area contributed by atoms with Gasteiger partial charge in [-0.05, 0) is 36.2 Å². The molecule has 2 aromatic heterocycles. The normalized spacial score (nSPS) is 20.5. The summed E-state index contributed by atoms with van der Waals surface area (Å²) in [6.45, 7) is 0.699. The summed E-state index contributed by atoms with van der Waals surface area (Å²) >= 11 is 0. The van der Waals surface area contributed by atoms with E-state index in [0.717, 1.165) is 44.5 Å². The highest BCUT2D eigenvalue weighted by atomic mass is 31.2. The number of unbranched alkanes of at least 4 members (excludes halogenated alkanes) is 15. The second kappa shape index (κ2) is 24.2. The fraction of sp³-hybridized carbons (Fsp3) is 0.667. The van der Waals surface area contributed by atoms with Crippen molar-refractivity contribution >= 4 is 19.2 Å². The van der Waals surface area contributed by atoms with Crippen LogP contribution in [-0.2, 0) is 41.7 Å². The molecule has 6 N–H and O–H groups in total. The average molecular weight is 881 g/mol. The van der Waals surface area contributed by atoms with Gasteiger partial charge in [0.15, 0.2) is 5.82 Å². The summed E-state index contributed by atoms with van der Waals surface area (Å²) in [5, 5.41) is 46.5. The molecule has 3 aromatic rings. The predicted molar refractivity (Wildman–Crippen MR) is 218 cm³/mol. The highest BCUT2D eigenvalue weighted by Crippen LogP contribution is 2.43. The van der Waals surface area contributed by atoms with Crippen LogP contribution in [0.4, 0.5) is 19.0 Å². The van der Waals surface area contributed by atoms with E-state index in [1.54, 1.807) is 6.07 Å². The molecule has 3 heterocycles. The molecule has 338 valence electrons. The number of nitrogen functional groups attached to an aromatic ring is 1. The number of ether oxygens (including phenoxy) is 3. The molecule has 15 nitrogen and oxygen atoms in total. The standard InChI is InChI=1S/C42H60F3N6O9P/c1-2-3-4-5-6-7-8-9-10-11-12-13-14-15-16-17-22-57-34(36(27-59-61(54,55)56)58-26-31-19-18-30(25-46)23-32(31)42(43,44)45)24-35-38(52)39(53)41(28-47,60-35)37-21-20-33-40(48)49-29-50-51(33)37/h18-21,23,29,34-36,38-39,52-53H,2-17,22,24,26-27H2,1H3,(H2,48,49,50)(H2,54,55,56)/t34?,35-,36-,38-,39-,41+/m1/s1. The Kier molecular flexibility index (Phi) is 19.9. The number of rotatable bonds is 28. The molecular formula is C42H60F3N6O9P. The number of anilines is 1. The maximum atomic E-state index is 14.1. The Morgan fingerprint density at radius 2 is 1.52 bits per heavy atom. The Morgan fingerprint density at radius 1 is 0.918 bits per heavy atom. The third-order valence-electron chi connectivity index (χ3n) is 11.1. The highest BCUT2D eigenvalue weighted by molar-refractivity contribution is 7.46. The number of hydrogen-bond acceptors (Lipinski definition) is 12. The minimum atomic E-state index is -5.15.